The van der Waals surface area contributed by atoms with E-state index in [0.717, 1.165) is 10.7 Å². The average Bonchev–Trinajstić information content (AvgIpc) is 3.23. The van der Waals surface area contributed by atoms with Gasteiger partial charge in [0.2, 0.25) is 5.91 Å². The molecule has 1 saturated carbocycles. The number of hydrogen-bond donors (Lipinski definition) is 2. The lowest BCUT2D eigenvalue weighted by atomic mass is 9.95. The highest BCUT2D eigenvalue weighted by atomic mass is 35.5. The Morgan fingerprint density at radius 2 is 2.09 bits per heavy atom. The van der Waals surface area contributed by atoms with Gasteiger partial charge in [0.15, 0.2) is 11.5 Å². The number of carbonyl (C=O) groups is 2. The monoisotopic (exact) mass is 484 g/mol. The summed E-state index contributed by atoms with van der Waals surface area (Å²) in [5, 5.41) is 10.4. The second kappa shape index (κ2) is 10.1. The van der Waals surface area contributed by atoms with Crippen molar-refractivity contribution in [2.45, 2.75) is 31.2 Å². The molecule has 4 rings (SSSR count). The highest BCUT2D eigenvalue weighted by Gasteiger charge is 2.51. The van der Waals surface area contributed by atoms with Crippen molar-refractivity contribution in [3.8, 4) is 11.6 Å². The molecule has 0 radical (unpaired) electrons. The van der Waals surface area contributed by atoms with Gasteiger partial charge >= 0.3 is 0 Å². The van der Waals surface area contributed by atoms with Crippen LogP contribution in [0.25, 0.3) is 11.6 Å². The molecular weight excluding hydrogens is 465 g/mol. The van der Waals surface area contributed by atoms with Crippen molar-refractivity contribution in [1.29, 1.82) is 0 Å². The van der Waals surface area contributed by atoms with Crippen LogP contribution in [-0.4, -0.2) is 45.7 Å². The Labute approximate surface area is 191 Å². The van der Waals surface area contributed by atoms with E-state index in [2.05, 4.69) is 26.3 Å². The molecule has 9 nitrogen and oxygen atoms in total. The van der Waals surface area contributed by atoms with Gasteiger partial charge in [0, 0.05) is 5.02 Å². The molecular formula is C20H20ClF3N6O3. The van der Waals surface area contributed by atoms with Gasteiger partial charge in [-0.25, -0.2) is 13.2 Å². The number of nitrogens with zero attached hydrogens (tertiary/aromatic N) is 4. The van der Waals surface area contributed by atoms with Gasteiger partial charge in [-0.2, -0.15) is 10.1 Å². The van der Waals surface area contributed by atoms with Gasteiger partial charge in [-0.05, 0) is 43.7 Å². The Morgan fingerprint density at radius 3 is 2.70 bits per heavy atom. The van der Waals surface area contributed by atoms with Crippen LogP contribution < -0.4 is 11.1 Å². The molecule has 0 bridgehead atoms. The standard InChI is InChI=1S/C19H15ClF3N5O3.CH5N/c20-12-7-10(21)1-2-11(12)19(3-4-19)18-25-17(31-27-18)13-8-14(16(22)23)28(26-13)9-15(30)24-5-6-29;1-2/h1-2,6-8,16H,3-5,9H2,(H,24,30);2H2,1H3. The van der Waals surface area contributed by atoms with E-state index in [4.69, 9.17) is 16.1 Å². The predicted molar refractivity (Wildman–Crippen MR) is 111 cm³/mol. The Morgan fingerprint density at radius 1 is 1.36 bits per heavy atom. The Kier molecular flexibility index (Phi) is 7.49. The third kappa shape index (κ3) is 5.06. The maximum absolute atomic E-state index is 13.4. The van der Waals surface area contributed by atoms with E-state index in [0.29, 0.717) is 24.7 Å². The van der Waals surface area contributed by atoms with E-state index in [1.807, 2.05) is 0 Å². The number of nitrogens with one attached hydrogen (secondary N) is 1. The highest BCUT2D eigenvalue weighted by molar-refractivity contribution is 6.31. The van der Waals surface area contributed by atoms with Gasteiger partial charge in [0.05, 0.1) is 12.0 Å². The molecule has 1 aliphatic rings. The summed E-state index contributed by atoms with van der Waals surface area (Å²) in [5.41, 5.74) is 3.96. The molecule has 3 N–H and O–H groups in total. The van der Waals surface area contributed by atoms with Crippen LogP contribution in [0.4, 0.5) is 13.2 Å². The van der Waals surface area contributed by atoms with Crippen molar-refractivity contribution >= 4 is 23.8 Å². The molecule has 0 spiro atoms. The molecule has 33 heavy (non-hydrogen) atoms. The summed E-state index contributed by atoms with van der Waals surface area (Å²) >= 11 is 6.19. The fraction of sp³-hybridized carbons (Fsp3) is 0.350. The highest BCUT2D eigenvalue weighted by Crippen LogP contribution is 2.54. The van der Waals surface area contributed by atoms with Crippen molar-refractivity contribution in [2.24, 2.45) is 5.73 Å². The minimum Gasteiger partial charge on any atom is -0.348 e. The molecule has 176 valence electrons. The van der Waals surface area contributed by atoms with Crippen LogP contribution in [0.3, 0.4) is 0 Å². The number of amides is 1. The Balaban J connectivity index is 0.00000149. The van der Waals surface area contributed by atoms with Crippen LogP contribution >= 0.6 is 11.6 Å². The van der Waals surface area contributed by atoms with E-state index < -0.39 is 35.8 Å². The predicted octanol–water partition coefficient (Wildman–Crippen LogP) is 2.63. The molecule has 1 amide bonds. The molecule has 2 heterocycles. The molecule has 0 atom stereocenters. The number of carbonyl (C=O) groups excluding carboxylic acids is 2. The number of aldehydes is 1. The minimum atomic E-state index is -2.91. The van der Waals surface area contributed by atoms with Crippen LogP contribution in [0, 0.1) is 5.82 Å². The first-order valence-electron chi connectivity index (χ1n) is 9.78. The minimum absolute atomic E-state index is 0.0294. The van der Waals surface area contributed by atoms with Gasteiger partial charge in [-0.15, -0.1) is 0 Å². The lowest BCUT2D eigenvalue weighted by Gasteiger charge is -2.12. The molecule has 0 unspecified atom stereocenters. The summed E-state index contributed by atoms with van der Waals surface area (Å²) in [5.74, 6) is -0.945. The number of alkyl halides is 2. The largest absolute Gasteiger partial charge is 0.348 e. The van der Waals surface area contributed by atoms with E-state index in [9.17, 15) is 22.8 Å². The van der Waals surface area contributed by atoms with Crippen molar-refractivity contribution in [3.63, 3.8) is 0 Å². The summed E-state index contributed by atoms with van der Waals surface area (Å²) < 4.78 is 46.2. The fourth-order valence-electron chi connectivity index (χ4n) is 3.32. The zero-order valence-corrected chi connectivity index (χ0v) is 18.2. The number of nitrogens with two attached hydrogens (primary N) is 1. The van der Waals surface area contributed by atoms with Gasteiger partial charge in [0.1, 0.15) is 24.3 Å². The van der Waals surface area contributed by atoms with E-state index in [-0.39, 0.29) is 29.0 Å². The molecule has 0 saturated heterocycles. The van der Waals surface area contributed by atoms with Crippen molar-refractivity contribution in [1.82, 2.24) is 25.2 Å². The summed E-state index contributed by atoms with van der Waals surface area (Å²) in [7, 11) is 1.50. The van der Waals surface area contributed by atoms with Gasteiger partial charge < -0.3 is 20.4 Å². The summed E-state index contributed by atoms with van der Waals surface area (Å²) in [6.07, 6.45) is -1.12. The van der Waals surface area contributed by atoms with E-state index in [1.54, 1.807) is 6.07 Å². The van der Waals surface area contributed by atoms with Crippen LogP contribution in [-0.2, 0) is 21.5 Å². The lowest BCUT2D eigenvalue weighted by Crippen LogP contribution is -2.30. The van der Waals surface area contributed by atoms with Crippen molar-refractivity contribution in [3.05, 3.63) is 52.2 Å². The van der Waals surface area contributed by atoms with E-state index in [1.165, 1.54) is 19.2 Å². The van der Waals surface area contributed by atoms with Crippen LogP contribution in [0.5, 0.6) is 0 Å². The van der Waals surface area contributed by atoms with Crippen molar-refractivity contribution < 1.29 is 27.3 Å². The molecule has 1 fully saturated rings. The van der Waals surface area contributed by atoms with Gasteiger partial charge in [-0.3, -0.25) is 9.48 Å². The number of halogens is 4. The third-order valence-corrected chi connectivity index (χ3v) is 5.29. The van der Waals surface area contributed by atoms with Gasteiger partial charge in [-0.1, -0.05) is 22.8 Å². The Hall–Kier alpha value is -3.25. The lowest BCUT2D eigenvalue weighted by molar-refractivity contribution is -0.123. The first-order chi connectivity index (χ1) is 15.8. The van der Waals surface area contributed by atoms with Crippen molar-refractivity contribution in [2.75, 3.05) is 13.6 Å². The maximum Gasteiger partial charge on any atom is 0.280 e. The zero-order valence-electron chi connectivity index (χ0n) is 17.4. The fourth-order valence-corrected chi connectivity index (χ4v) is 3.67. The number of hydrogen-bond acceptors (Lipinski definition) is 7. The number of aromatic nitrogens is 4. The molecule has 1 aliphatic carbocycles. The van der Waals surface area contributed by atoms with Crippen LogP contribution in [0.2, 0.25) is 5.02 Å². The molecule has 3 aromatic rings. The number of benzene rings is 1. The molecule has 2 aromatic heterocycles. The molecule has 1 aromatic carbocycles. The molecule has 13 heteroatoms. The first-order valence-corrected chi connectivity index (χ1v) is 10.2. The molecule has 0 aliphatic heterocycles. The third-order valence-electron chi connectivity index (χ3n) is 4.98. The van der Waals surface area contributed by atoms with Crippen LogP contribution in [0.1, 0.15) is 36.3 Å². The maximum atomic E-state index is 13.4. The number of rotatable bonds is 8. The van der Waals surface area contributed by atoms with Crippen LogP contribution in [0.15, 0.2) is 28.8 Å². The van der Waals surface area contributed by atoms with E-state index >= 15 is 0 Å². The quantitative estimate of drug-likeness (QED) is 0.470. The second-order valence-corrected chi connectivity index (χ2v) is 7.42. The zero-order chi connectivity index (χ0) is 24.2. The summed E-state index contributed by atoms with van der Waals surface area (Å²) in [4.78, 5) is 26.4. The Bertz CT molecular complexity index is 1150. The first kappa shape index (κ1) is 24.4. The topological polar surface area (TPSA) is 129 Å². The SMILES string of the molecule is CN.O=CCNC(=O)Cn1nc(-c2nc(C3(c4ccc(F)cc4Cl)CC3)no2)cc1C(F)F. The summed E-state index contributed by atoms with van der Waals surface area (Å²) in [6.45, 7) is -0.748. The summed E-state index contributed by atoms with van der Waals surface area (Å²) in [6, 6.07) is 5.10. The smallest absolute Gasteiger partial charge is 0.280 e. The average molecular weight is 485 g/mol. The second-order valence-electron chi connectivity index (χ2n) is 7.01. The normalized spacial score (nSPS) is 13.9. The van der Waals surface area contributed by atoms with Gasteiger partial charge in [0.25, 0.3) is 12.3 Å².